The minimum atomic E-state index is -3.88. The highest BCUT2D eigenvalue weighted by atomic mass is 32.2. The molecular formula is C22H19NO5S2. The van der Waals surface area contributed by atoms with Gasteiger partial charge in [-0.15, -0.1) is 11.3 Å². The van der Waals surface area contributed by atoms with Gasteiger partial charge in [-0.05, 0) is 22.6 Å². The van der Waals surface area contributed by atoms with Crippen LogP contribution in [0.5, 0.6) is 0 Å². The third-order valence-corrected chi connectivity index (χ3v) is 8.20. The van der Waals surface area contributed by atoms with E-state index >= 15 is 0 Å². The number of carbonyl (C=O) groups is 2. The van der Waals surface area contributed by atoms with Gasteiger partial charge in [0, 0.05) is 18.5 Å². The number of rotatable bonds is 6. The van der Waals surface area contributed by atoms with Crippen LogP contribution in [-0.2, 0) is 32.5 Å². The highest BCUT2D eigenvalue weighted by Crippen LogP contribution is 2.31. The lowest BCUT2D eigenvalue weighted by molar-refractivity contribution is -0.147. The number of benzene rings is 2. The van der Waals surface area contributed by atoms with Gasteiger partial charge in [-0.25, -0.2) is 8.42 Å². The lowest BCUT2D eigenvalue weighted by Gasteiger charge is -2.34. The predicted molar refractivity (Wildman–Crippen MR) is 113 cm³/mol. The topological polar surface area (TPSA) is 80.8 Å². The van der Waals surface area contributed by atoms with Gasteiger partial charge in [0.25, 0.3) is 10.0 Å². The Balaban J connectivity index is 1.58. The maximum Gasteiger partial charge on any atom is 0.325 e. The Morgan fingerprint density at radius 3 is 2.37 bits per heavy atom. The van der Waals surface area contributed by atoms with Crippen LogP contribution in [0.3, 0.4) is 0 Å². The molecule has 0 saturated heterocycles. The largest absolute Gasteiger partial charge is 0.456 e. The molecule has 0 fully saturated rings. The van der Waals surface area contributed by atoms with Gasteiger partial charge >= 0.3 is 5.97 Å². The van der Waals surface area contributed by atoms with Crippen molar-refractivity contribution in [2.24, 2.45) is 0 Å². The van der Waals surface area contributed by atoms with Crippen molar-refractivity contribution in [2.45, 2.75) is 23.2 Å². The van der Waals surface area contributed by atoms with Crippen molar-refractivity contribution in [3.05, 3.63) is 88.8 Å². The van der Waals surface area contributed by atoms with Crippen molar-refractivity contribution in [3.63, 3.8) is 0 Å². The molecule has 0 spiro atoms. The number of carbonyl (C=O) groups excluding carboxylic acids is 2. The molecule has 154 valence electrons. The molecule has 2 heterocycles. The summed E-state index contributed by atoms with van der Waals surface area (Å²) < 4.78 is 33.0. The van der Waals surface area contributed by atoms with Gasteiger partial charge in [0.2, 0.25) is 0 Å². The van der Waals surface area contributed by atoms with E-state index in [0.29, 0.717) is 5.56 Å². The minimum absolute atomic E-state index is 0.0722. The summed E-state index contributed by atoms with van der Waals surface area (Å²) in [5.41, 5.74) is 2.18. The van der Waals surface area contributed by atoms with Crippen LogP contribution in [0.25, 0.3) is 0 Å². The van der Waals surface area contributed by atoms with Crippen LogP contribution >= 0.6 is 11.3 Å². The third-order valence-electron chi connectivity index (χ3n) is 4.98. The highest BCUT2D eigenvalue weighted by molar-refractivity contribution is 7.91. The second-order valence-corrected chi connectivity index (χ2v) is 9.93. The molecule has 2 aromatic carbocycles. The average molecular weight is 442 g/mol. The number of nitrogens with zero attached hydrogens (tertiary/aromatic N) is 1. The number of esters is 1. The molecule has 0 aliphatic carbocycles. The van der Waals surface area contributed by atoms with Crippen molar-refractivity contribution < 1.29 is 22.7 Å². The molecular weight excluding hydrogens is 422 g/mol. The van der Waals surface area contributed by atoms with Gasteiger partial charge in [-0.1, -0.05) is 60.7 Å². The molecule has 0 saturated carbocycles. The van der Waals surface area contributed by atoms with Gasteiger partial charge in [0.05, 0.1) is 0 Å². The second kappa shape index (κ2) is 8.51. The smallest absolute Gasteiger partial charge is 0.325 e. The molecule has 0 amide bonds. The molecule has 6 nitrogen and oxygen atoms in total. The molecule has 1 aliphatic rings. The monoisotopic (exact) mass is 441 g/mol. The Morgan fingerprint density at radius 2 is 1.67 bits per heavy atom. The fourth-order valence-corrected chi connectivity index (χ4v) is 6.09. The second-order valence-electron chi connectivity index (χ2n) is 6.87. The van der Waals surface area contributed by atoms with Crippen LogP contribution in [0.1, 0.15) is 21.5 Å². The van der Waals surface area contributed by atoms with E-state index in [4.69, 9.17) is 4.74 Å². The molecule has 0 bridgehead atoms. The molecule has 0 radical (unpaired) electrons. The molecule has 4 rings (SSSR count). The standard InChI is InChI=1S/C22H19NO5S2/c24-20(16-7-2-1-3-8-16)15-28-22(25)19-13-17-9-4-5-10-18(17)14-23(19)30(26,27)21-11-6-12-29-21/h1-12,19H,13-15H2/t19-/m1/s1. The average Bonchev–Trinajstić information content (AvgIpc) is 3.33. The van der Waals surface area contributed by atoms with Gasteiger partial charge < -0.3 is 4.74 Å². The molecule has 3 aromatic rings. The van der Waals surface area contributed by atoms with E-state index in [1.807, 2.05) is 24.3 Å². The zero-order chi connectivity index (χ0) is 21.1. The van der Waals surface area contributed by atoms with Crippen molar-refractivity contribution in [1.29, 1.82) is 0 Å². The SMILES string of the molecule is O=C(COC(=O)[C@H]1Cc2ccccc2CN1S(=O)(=O)c1cccs1)c1ccccc1. The summed E-state index contributed by atoms with van der Waals surface area (Å²) in [6.07, 6.45) is 0.194. The van der Waals surface area contributed by atoms with Crippen molar-refractivity contribution >= 4 is 33.1 Å². The Bertz CT molecular complexity index is 1160. The summed E-state index contributed by atoms with van der Waals surface area (Å²) >= 11 is 1.10. The Morgan fingerprint density at radius 1 is 0.967 bits per heavy atom. The van der Waals surface area contributed by atoms with Gasteiger partial charge in [0.15, 0.2) is 12.4 Å². The quantitative estimate of drug-likeness (QED) is 0.433. The van der Waals surface area contributed by atoms with E-state index in [1.54, 1.807) is 41.8 Å². The fraction of sp³-hybridized carbons (Fsp3) is 0.182. The molecule has 1 aromatic heterocycles. The van der Waals surface area contributed by atoms with Crippen LogP contribution in [0.2, 0.25) is 0 Å². The molecule has 0 N–H and O–H groups in total. The molecule has 1 aliphatic heterocycles. The first-order valence-electron chi connectivity index (χ1n) is 9.34. The number of ketones is 1. The fourth-order valence-electron chi connectivity index (χ4n) is 3.42. The molecule has 30 heavy (non-hydrogen) atoms. The third kappa shape index (κ3) is 4.07. The molecule has 0 unspecified atom stereocenters. The van der Waals surface area contributed by atoms with Crippen LogP contribution < -0.4 is 0 Å². The molecule has 8 heteroatoms. The van der Waals surface area contributed by atoms with E-state index in [-0.39, 0.29) is 23.0 Å². The lowest BCUT2D eigenvalue weighted by Crippen LogP contribution is -2.49. The summed E-state index contributed by atoms with van der Waals surface area (Å²) in [5.74, 6) is -1.07. The number of sulfonamides is 1. The number of ether oxygens (including phenoxy) is 1. The number of hydrogen-bond donors (Lipinski definition) is 0. The van der Waals surface area contributed by atoms with Crippen LogP contribution in [0.4, 0.5) is 0 Å². The summed E-state index contributed by atoms with van der Waals surface area (Å²) in [6.45, 7) is -0.364. The van der Waals surface area contributed by atoms with E-state index < -0.39 is 28.6 Å². The zero-order valence-electron chi connectivity index (χ0n) is 15.9. The van der Waals surface area contributed by atoms with E-state index in [9.17, 15) is 18.0 Å². The first-order chi connectivity index (χ1) is 14.5. The van der Waals surface area contributed by atoms with E-state index in [1.165, 1.54) is 10.4 Å². The number of thiophene rings is 1. The maximum absolute atomic E-state index is 13.2. The normalized spacial score (nSPS) is 16.6. The Labute approximate surface area is 178 Å². The number of Topliss-reactive ketones (excluding diaryl/α,β-unsaturated/α-hetero) is 1. The number of hydrogen-bond acceptors (Lipinski definition) is 6. The summed E-state index contributed by atoms with van der Waals surface area (Å²) in [4.78, 5) is 25.2. The lowest BCUT2D eigenvalue weighted by atomic mass is 9.96. The molecule has 1 atom stereocenters. The van der Waals surface area contributed by atoms with Crippen LogP contribution in [-0.4, -0.2) is 37.1 Å². The number of fused-ring (bicyclic) bond motifs is 1. The summed E-state index contributed by atoms with van der Waals surface area (Å²) in [5, 5.41) is 1.68. The summed E-state index contributed by atoms with van der Waals surface area (Å²) in [7, 11) is -3.88. The van der Waals surface area contributed by atoms with Gasteiger partial charge in [0.1, 0.15) is 10.3 Å². The summed E-state index contributed by atoms with van der Waals surface area (Å²) in [6, 6.07) is 18.1. The van der Waals surface area contributed by atoms with E-state index in [0.717, 1.165) is 22.5 Å². The van der Waals surface area contributed by atoms with Gasteiger partial charge in [-0.2, -0.15) is 4.31 Å². The van der Waals surface area contributed by atoms with Crippen LogP contribution in [0, 0.1) is 0 Å². The highest BCUT2D eigenvalue weighted by Gasteiger charge is 2.41. The van der Waals surface area contributed by atoms with Crippen molar-refractivity contribution in [1.82, 2.24) is 4.31 Å². The first kappa shape index (κ1) is 20.5. The van der Waals surface area contributed by atoms with Crippen LogP contribution in [0.15, 0.2) is 76.3 Å². The predicted octanol–water partition coefficient (Wildman–Crippen LogP) is 3.29. The van der Waals surface area contributed by atoms with Crippen molar-refractivity contribution in [3.8, 4) is 0 Å². The minimum Gasteiger partial charge on any atom is -0.456 e. The first-order valence-corrected chi connectivity index (χ1v) is 11.7. The van der Waals surface area contributed by atoms with Crippen molar-refractivity contribution in [2.75, 3.05) is 6.61 Å². The Kier molecular flexibility index (Phi) is 5.80. The van der Waals surface area contributed by atoms with E-state index in [2.05, 4.69) is 0 Å². The maximum atomic E-state index is 13.2. The zero-order valence-corrected chi connectivity index (χ0v) is 17.6. The van der Waals surface area contributed by atoms with Gasteiger partial charge in [-0.3, -0.25) is 9.59 Å². The Hall–Kier alpha value is -2.81.